The van der Waals surface area contributed by atoms with Gasteiger partial charge in [0.05, 0.1) is 23.8 Å². The molecule has 1 aliphatic carbocycles. The monoisotopic (exact) mass is 402 g/mol. The zero-order valence-electron chi connectivity index (χ0n) is 15.6. The van der Waals surface area contributed by atoms with Crippen molar-refractivity contribution in [3.8, 4) is 0 Å². The molecule has 1 amide bonds. The molecule has 2 aromatic rings. The lowest BCUT2D eigenvalue weighted by atomic mass is 9.93. The minimum absolute atomic E-state index is 0.0678. The summed E-state index contributed by atoms with van der Waals surface area (Å²) < 4.78 is 5.31. The van der Waals surface area contributed by atoms with Gasteiger partial charge in [0.15, 0.2) is 5.13 Å². The molecule has 2 heterocycles. The highest BCUT2D eigenvalue weighted by Crippen LogP contribution is 2.33. The molecule has 1 N–H and O–H groups in total. The van der Waals surface area contributed by atoms with Gasteiger partial charge in [-0.15, -0.1) is 11.3 Å². The van der Waals surface area contributed by atoms with Crippen molar-refractivity contribution in [2.45, 2.75) is 26.2 Å². The number of hydrogen-bond donors (Lipinski definition) is 1. The van der Waals surface area contributed by atoms with Gasteiger partial charge in [0, 0.05) is 29.6 Å². The van der Waals surface area contributed by atoms with Crippen LogP contribution >= 0.6 is 11.3 Å². The van der Waals surface area contributed by atoms with E-state index >= 15 is 0 Å². The van der Waals surface area contributed by atoms with Crippen molar-refractivity contribution in [3.05, 3.63) is 44.4 Å². The van der Waals surface area contributed by atoms with Crippen molar-refractivity contribution in [2.75, 3.05) is 36.5 Å². The zero-order chi connectivity index (χ0) is 19.7. The van der Waals surface area contributed by atoms with Gasteiger partial charge >= 0.3 is 0 Å². The number of anilines is 2. The summed E-state index contributed by atoms with van der Waals surface area (Å²) in [6.07, 6.45) is 3.03. The Morgan fingerprint density at radius 2 is 2.18 bits per heavy atom. The Labute approximate surface area is 166 Å². The molecular weight excluding hydrogens is 380 g/mol. The molecule has 1 atom stereocenters. The Bertz CT molecular complexity index is 907. The van der Waals surface area contributed by atoms with Gasteiger partial charge in [0.1, 0.15) is 5.69 Å². The Balaban J connectivity index is 1.54. The van der Waals surface area contributed by atoms with Crippen LogP contribution in [-0.4, -0.2) is 42.1 Å². The third kappa shape index (κ3) is 3.85. The molecule has 0 saturated carbocycles. The van der Waals surface area contributed by atoms with Crippen LogP contribution in [-0.2, 0) is 17.6 Å². The number of benzene rings is 1. The fourth-order valence-electron chi connectivity index (χ4n) is 3.65. The second-order valence-corrected chi connectivity index (χ2v) is 8.33. The predicted molar refractivity (Wildman–Crippen MR) is 107 cm³/mol. The maximum Gasteiger partial charge on any atom is 0.293 e. The molecule has 4 rings (SSSR count). The SMILES string of the molecule is CC1CCc2nc(NC(=O)c3ccc(N4CCOCC4)c([N+](=O)[O-])c3)sc2C1. The normalized spacial score (nSPS) is 19.2. The number of thiazole rings is 1. The highest BCUT2D eigenvalue weighted by molar-refractivity contribution is 7.15. The minimum atomic E-state index is -0.439. The summed E-state index contributed by atoms with van der Waals surface area (Å²) in [6, 6.07) is 4.62. The third-order valence-corrected chi connectivity index (χ3v) is 6.23. The molecule has 1 unspecified atom stereocenters. The molecule has 1 fully saturated rings. The molecule has 148 valence electrons. The van der Waals surface area contributed by atoms with Crippen LogP contribution in [0, 0.1) is 16.0 Å². The number of nitrogens with one attached hydrogen (secondary N) is 1. The van der Waals surface area contributed by atoms with E-state index in [1.165, 1.54) is 22.3 Å². The third-order valence-electron chi connectivity index (χ3n) is 5.19. The van der Waals surface area contributed by atoms with E-state index in [0.29, 0.717) is 43.0 Å². The number of carbonyl (C=O) groups is 1. The van der Waals surface area contributed by atoms with Crippen molar-refractivity contribution in [1.29, 1.82) is 0 Å². The molecular formula is C19H22N4O4S. The number of nitro groups is 1. The van der Waals surface area contributed by atoms with Crippen LogP contribution in [0.25, 0.3) is 0 Å². The number of hydrogen-bond acceptors (Lipinski definition) is 7. The van der Waals surface area contributed by atoms with Crippen LogP contribution in [0.4, 0.5) is 16.5 Å². The van der Waals surface area contributed by atoms with Gasteiger partial charge in [-0.25, -0.2) is 4.98 Å². The Morgan fingerprint density at radius 1 is 1.39 bits per heavy atom. The number of aryl methyl sites for hydroxylation is 1. The summed E-state index contributed by atoms with van der Waals surface area (Å²) >= 11 is 1.50. The highest BCUT2D eigenvalue weighted by Gasteiger charge is 2.24. The summed E-state index contributed by atoms with van der Waals surface area (Å²) in [5, 5.41) is 14.9. The second kappa shape index (κ2) is 7.84. The number of fused-ring (bicyclic) bond motifs is 1. The first-order chi connectivity index (χ1) is 13.5. The average molecular weight is 402 g/mol. The van der Waals surface area contributed by atoms with Crippen molar-refractivity contribution >= 4 is 33.8 Å². The van der Waals surface area contributed by atoms with Crippen molar-refractivity contribution in [2.24, 2.45) is 5.92 Å². The van der Waals surface area contributed by atoms with E-state index in [-0.39, 0.29) is 17.2 Å². The van der Waals surface area contributed by atoms with Crippen LogP contribution in [0.1, 0.15) is 34.3 Å². The summed E-state index contributed by atoms with van der Waals surface area (Å²) in [4.78, 5) is 31.5. The van der Waals surface area contributed by atoms with Crippen LogP contribution in [0.15, 0.2) is 18.2 Å². The largest absolute Gasteiger partial charge is 0.378 e. The molecule has 8 nitrogen and oxygen atoms in total. The first-order valence-corrected chi connectivity index (χ1v) is 10.2. The summed E-state index contributed by atoms with van der Waals surface area (Å²) in [5.74, 6) is 0.252. The number of rotatable bonds is 4. The lowest BCUT2D eigenvalue weighted by Gasteiger charge is -2.28. The Kier molecular flexibility index (Phi) is 5.27. The fraction of sp³-hybridized carbons (Fsp3) is 0.474. The van der Waals surface area contributed by atoms with Gasteiger partial charge in [0.25, 0.3) is 11.6 Å². The average Bonchev–Trinajstić information content (AvgIpc) is 3.09. The second-order valence-electron chi connectivity index (χ2n) is 7.25. The molecule has 1 aromatic carbocycles. The minimum Gasteiger partial charge on any atom is -0.378 e. The van der Waals surface area contributed by atoms with Crippen LogP contribution in [0.3, 0.4) is 0 Å². The quantitative estimate of drug-likeness (QED) is 0.623. The Hall–Kier alpha value is -2.52. The van der Waals surface area contributed by atoms with Gasteiger partial charge in [-0.2, -0.15) is 0 Å². The first kappa shape index (κ1) is 18.8. The molecule has 0 spiro atoms. The van der Waals surface area contributed by atoms with Crippen LogP contribution < -0.4 is 10.2 Å². The predicted octanol–water partition coefficient (Wildman–Crippen LogP) is 3.27. The molecule has 28 heavy (non-hydrogen) atoms. The molecule has 2 aliphatic rings. The number of ether oxygens (including phenoxy) is 1. The summed E-state index contributed by atoms with van der Waals surface area (Å²) in [6.45, 7) is 4.47. The smallest absolute Gasteiger partial charge is 0.293 e. The van der Waals surface area contributed by atoms with E-state index < -0.39 is 4.92 Å². The van der Waals surface area contributed by atoms with Gasteiger partial charge in [0.2, 0.25) is 0 Å². The van der Waals surface area contributed by atoms with Crippen molar-refractivity contribution in [3.63, 3.8) is 0 Å². The number of nitro benzene ring substituents is 1. The molecule has 1 aliphatic heterocycles. The topological polar surface area (TPSA) is 97.6 Å². The van der Waals surface area contributed by atoms with E-state index in [9.17, 15) is 14.9 Å². The van der Waals surface area contributed by atoms with E-state index in [4.69, 9.17) is 4.74 Å². The first-order valence-electron chi connectivity index (χ1n) is 9.42. The zero-order valence-corrected chi connectivity index (χ0v) is 16.5. The van der Waals surface area contributed by atoms with Crippen LogP contribution in [0.2, 0.25) is 0 Å². The number of aromatic nitrogens is 1. The summed E-state index contributed by atoms with van der Waals surface area (Å²) in [7, 11) is 0. The number of carbonyl (C=O) groups excluding carboxylic acids is 1. The van der Waals surface area contributed by atoms with E-state index in [2.05, 4.69) is 17.2 Å². The molecule has 1 saturated heterocycles. The number of nitrogens with zero attached hydrogens (tertiary/aromatic N) is 3. The molecule has 9 heteroatoms. The van der Waals surface area contributed by atoms with E-state index in [0.717, 1.165) is 25.0 Å². The van der Waals surface area contributed by atoms with Gasteiger partial charge in [-0.05, 0) is 37.3 Å². The number of morpholine rings is 1. The fourth-order valence-corrected chi connectivity index (χ4v) is 4.81. The van der Waals surface area contributed by atoms with Gasteiger partial charge in [-0.3, -0.25) is 20.2 Å². The van der Waals surface area contributed by atoms with Gasteiger partial charge < -0.3 is 9.64 Å². The summed E-state index contributed by atoms with van der Waals surface area (Å²) in [5.41, 5.74) is 1.77. The van der Waals surface area contributed by atoms with Crippen molar-refractivity contribution < 1.29 is 14.5 Å². The van der Waals surface area contributed by atoms with E-state index in [1.807, 2.05) is 4.90 Å². The lowest BCUT2D eigenvalue weighted by Crippen LogP contribution is -2.36. The number of amides is 1. The lowest BCUT2D eigenvalue weighted by molar-refractivity contribution is -0.384. The highest BCUT2D eigenvalue weighted by atomic mass is 32.1. The van der Waals surface area contributed by atoms with Gasteiger partial charge in [-0.1, -0.05) is 6.92 Å². The van der Waals surface area contributed by atoms with Crippen LogP contribution in [0.5, 0.6) is 0 Å². The Morgan fingerprint density at radius 3 is 2.93 bits per heavy atom. The van der Waals surface area contributed by atoms with Crippen molar-refractivity contribution in [1.82, 2.24) is 4.98 Å². The molecule has 0 radical (unpaired) electrons. The standard InChI is InChI=1S/C19H22N4O4S/c1-12-2-4-14-17(10-12)28-19(20-14)21-18(24)13-3-5-15(16(11-13)23(25)26)22-6-8-27-9-7-22/h3,5,11-12H,2,4,6-10H2,1H3,(H,20,21,24). The maximum atomic E-state index is 12.7. The molecule has 0 bridgehead atoms. The molecule has 1 aromatic heterocycles. The van der Waals surface area contributed by atoms with E-state index in [1.54, 1.807) is 12.1 Å². The maximum absolute atomic E-state index is 12.7.